The zero-order chi connectivity index (χ0) is 81.0. The van der Waals surface area contributed by atoms with Crippen molar-refractivity contribution in [2.24, 2.45) is 35.5 Å². The zero-order valence-electron chi connectivity index (χ0n) is 69.8. The summed E-state index contributed by atoms with van der Waals surface area (Å²) in [5.41, 5.74) is 18.9. The van der Waals surface area contributed by atoms with E-state index in [0.717, 1.165) is 250 Å². The first-order chi connectivity index (χ1) is 56.6. The number of rotatable bonds is 34. The predicted molar refractivity (Wildman–Crippen MR) is 455 cm³/mol. The van der Waals surface area contributed by atoms with Crippen molar-refractivity contribution in [1.82, 2.24) is 28.8 Å². The first-order valence-electron chi connectivity index (χ1n) is 42.0. The molecule has 6 aromatic heterocycles. The Morgan fingerprint density at radius 1 is 0.397 bits per heavy atom. The number of nitrogens with zero attached hydrogens (tertiary/aromatic N) is 9. The van der Waals surface area contributed by atoms with Crippen LogP contribution in [0.3, 0.4) is 0 Å². The van der Waals surface area contributed by atoms with Gasteiger partial charge in [0, 0.05) is 86.0 Å². The predicted octanol–water partition coefficient (Wildman–Crippen LogP) is 16.5. The third-order valence-corrected chi connectivity index (χ3v) is 25.0. The van der Waals surface area contributed by atoms with Gasteiger partial charge >= 0.3 is 0 Å². The molecule has 23 nitrogen and oxygen atoms in total. The number of fused-ring (bicyclic) bond motifs is 3. The number of aromatic nitrogens is 6. The molecule has 0 unspecified atom stereocenters. The second-order valence-electron chi connectivity index (χ2n) is 32.0. The number of aliphatic hydroxyl groups excluding tert-OH is 1. The van der Waals surface area contributed by atoms with Gasteiger partial charge in [-0.25, -0.2) is 13.5 Å². The lowest BCUT2D eigenvalue weighted by atomic mass is 9.99. The van der Waals surface area contributed by atoms with Gasteiger partial charge in [0.2, 0.25) is 0 Å². The summed E-state index contributed by atoms with van der Waals surface area (Å²) in [6, 6.07) is 37.0. The summed E-state index contributed by atoms with van der Waals surface area (Å²) in [6.45, 7) is 20.2. The molecule has 24 heteroatoms. The topological polar surface area (TPSA) is 218 Å². The Hall–Kier alpha value is -9.14. The summed E-state index contributed by atoms with van der Waals surface area (Å²) in [4.78, 5) is 7.95. The molecule has 6 fully saturated rings. The number of benzene rings is 4. The van der Waals surface area contributed by atoms with Gasteiger partial charge < -0.3 is 67.2 Å². The van der Waals surface area contributed by atoms with E-state index >= 15 is 0 Å². The smallest absolute Gasteiger partial charge is 0.297 e. The maximum Gasteiger partial charge on any atom is 0.297 e. The van der Waals surface area contributed by atoms with Gasteiger partial charge in [-0.3, -0.25) is 4.18 Å². The highest BCUT2D eigenvalue weighted by Crippen LogP contribution is 2.47. The average Bonchev–Trinajstić information content (AvgIpc) is 1.61. The number of pyridine rings is 3. The summed E-state index contributed by atoms with van der Waals surface area (Å²) in [6.07, 6.45) is 17.1. The highest BCUT2D eigenvalue weighted by Gasteiger charge is 2.35. The maximum atomic E-state index is 12.9. The van der Waals surface area contributed by atoms with Gasteiger partial charge in [0.05, 0.1) is 152 Å². The van der Waals surface area contributed by atoms with Crippen molar-refractivity contribution in [3.63, 3.8) is 0 Å². The maximum absolute atomic E-state index is 12.9. The van der Waals surface area contributed by atoms with Gasteiger partial charge in [0.25, 0.3) is 10.1 Å². The quantitative estimate of drug-likeness (QED) is 0.0371. The summed E-state index contributed by atoms with van der Waals surface area (Å²) in [5.74, 6) is 8.13. The third kappa shape index (κ3) is 19.2. The normalized spacial score (nSPS) is 16.2. The van der Waals surface area contributed by atoms with E-state index in [2.05, 4.69) is 93.0 Å². The van der Waals surface area contributed by atoms with Crippen LogP contribution in [0, 0.1) is 42.4 Å². The molecule has 3 saturated heterocycles. The van der Waals surface area contributed by atoms with E-state index in [1.54, 1.807) is 86.2 Å². The van der Waals surface area contributed by atoms with Crippen LogP contribution >= 0.6 is 0 Å². The van der Waals surface area contributed by atoms with Crippen molar-refractivity contribution >= 4 is 43.7 Å². The Bertz CT molecular complexity index is 5000. The molecular formula is C92H119N9O14S. The van der Waals surface area contributed by atoms with Gasteiger partial charge in [0.1, 0.15) is 34.5 Å². The number of aliphatic hydroxyl groups is 1. The number of anilines is 3. The molecule has 0 atom stereocenters. The molecule has 0 bridgehead atoms. The SMILES string of the molecule is CCc1nn2c(-c3c(OC)cc(CO)cc3OC)cccc2c1N(CC1CCOCC1)CC1CC1.CCc1nn2c(-c3c(OC)cc(COC)cc3OC)cccc2c1N(CC1CCOCC1)CC1CC1.CCc1nn2c(-c3c(OC)cc(COS(=O)(=O)c4ccc(C)cc4)cc3OC)cccc2c1N(CC1CCOCC1)CC1CC1. The molecule has 6 aliphatic rings. The number of hydrogen-bond acceptors (Lipinski definition) is 20. The van der Waals surface area contributed by atoms with E-state index in [-0.39, 0.29) is 18.1 Å². The second kappa shape index (κ2) is 38.5. The van der Waals surface area contributed by atoms with Crippen molar-refractivity contribution < 1.29 is 65.1 Å². The third-order valence-electron chi connectivity index (χ3n) is 23.7. The van der Waals surface area contributed by atoms with Crippen LogP contribution in [0.2, 0.25) is 0 Å². The van der Waals surface area contributed by atoms with Crippen molar-refractivity contribution in [2.45, 2.75) is 149 Å². The standard InChI is InChI=1S/C35H43N3O6S.C29H39N3O4.C28H37N3O4/c1-5-29-35(37(21-25-11-12-25)22-26-15-17-43-18-16-26)31-8-6-7-30(38(31)36-29)34-32(41-3)19-27(20-33(34)42-4)23-44-45(39,40)28-13-9-24(2)10-14-28;1-5-23-29(31(17-20-9-10-20)18-21-11-13-36-14-12-21)25-8-6-7-24(32(25)30-23)28-26(34-3)15-22(19-33-2)16-27(28)35-4;1-4-22-28(30(16-19-8-9-19)17-20-10-12-35-13-11-20)24-7-5-6-23(31(24)29-22)27-25(33-2)14-21(18-32)15-26(27)34-3/h6-10,13-14,19-20,25-26H,5,11-12,15-18,21-23H2,1-4H3;6-8,15-16,20-21H,5,9-14,17-19H2,1-4H3;5-7,14-15,19-20,32H,4,8-13,16-18H2,1-3H3. The van der Waals surface area contributed by atoms with Crippen molar-refractivity contribution in [2.75, 3.05) is 143 Å². The fourth-order valence-electron chi connectivity index (χ4n) is 17.0. The first-order valence-corrected chi connectivity index (χ1v) is 43.4. The van der Waals surface area contributed by atoms with E-state index in [9.17, 15) is 13.5 Å². The Kier molecular flexibility index (Phi) is 27.7. The van der Waals surface area contributed by atoms with E-state index in [4.69, 9.17) is 66.8 Å². The van der Waals surface area contributed by atoms with E-state index < -0.39 is 10.1 Å². The molecule has 0 radical (unpaired) electrons. The second-order valence-corrected chi connectivity index (χ2v) is 33.6. The lowest BCUT2D eigenvalue weighted by Crippen LogP contribution is -2.34. The highest BCUT2D eigenvalue weighted by molar-refractivity contribution is 7.86. The van der Waals surface area contributed by atoms with Crippen molar-refractivity contribution in [3.8, 4) is 68.3 Å². The molecule has 0 spiro atoms. The number of aryl methyl sites for hydroxylation is 4. The lowest BCUT2D eigenvalue weighted by molar-refractivity contribution is 0.0680. The summed E-state index contributed by atoms with van der Waals surface area (Å²) >= 11 is 0. The Morgan fingerprint density at radius 3 is 0.948 bits per heavy atom. The van der Waals surface area contributed by atoms with Crippen LogP contribution in [0.25, 0.3) is 50.3 Å². The van der Waals surface area contributed by atoms with Crippen LogP contribution in [0.1, 0.15) is 137 Å². The molecule has 3 aliphatic carbocycles. The molecule has 3 saturated carbocycles. The highest BCUT2D eigenvalue weighted by atomic mass is 32.2. The van der Waals surface area contributed by atoms with Gasteiger partial charge in [0.15, 0.2) is 0 Å². The number of hydrogen-bond donors (Lipinski definition) is 1. The molecule has 1 N–H and O–H groups in total. The minimum absolute atomic E-state index is 0.0779. The van der Waals surface area contributed by atoms with Crippen LogP contribution in [0.15, 0.2) is 120 Å². The molecule has 9 heterocycles. The molecule has 116 heavy (non-hydrogen) atoms. The summed E-state index contributed by atoms with van der Waals surface area (Å²) in [5, 5.41) is 25.2. The molecule has 3 aliphatic heterocycles. The largest absolute Gasteiger partial charge is 0.496 e. The Morgan fingerprint density at radius 2 is 0.681 bits per heavy atom. The van der Waals surface area contributed by atoms with Crippen molar-refractivity contribution in [3.05, 3.63) is 155 Å². The monoisotopic (exact) mass is 1610 g/mol. The fraction of sp³-hybridized carbons (Fsp3) is 0.511. The first kappa shape index (κ1) is 83.4. The zero-order valence-corrected chi connectivity index (χ0v) is 70.7. The fourth-order valence-corrected chi connectivity index (χ4v) is 17.9. The number of methoxy groups -OCH3 is 7. The number of ether oxygens (including phenoxy) is 10. The molecule has 4 aromatic carbocycles. The lowest BCUT2D eigenvalue weighted by Gasteiger charge is -2.31. The molecular weight excluding hydrogens is 1490 g/mol. The Labute approximate surface area is 684 Å². The van der Waals surface area contributed by atoms with E-state index in [0.29, 0.717) is 52.9 Å². The van der Waals surface area contributed by atoms with Crippen LogP contribution in [-0.2, 0) is 72.3 Å². The molecule has 0 amide bonds. The van der Waals surface area contributed by atoms with Crippen molar-refractivity contribution in [1.29, 1.82) is 0 Å². The van der Waals surface area contributed by atoms with Crippen LogP contribution in [0.5, 0.6) is 34.5 Å². The van der Waals surface area contributed by atoms with Gasteiger partial charge in [-0.15, -0.1) is 0 Å². The van der Waals surface area contributed by atoms with Crippen LogP contribution in [0.4, 0.5) is 17.1 Å². The molecule has 622 valence electrons. The molecule has 16 rings (SSSR count). The van der Waals surface area contributed by atoms with Gasteiger partial charge in [-0.2, -0.15) is 23.7 Å². The summed E-state index contributed by atoms with van der Waals surface area (Å²) < 4.78 is 94.6. The minimum Gasteiger partial charge on any atom is -0.496 e. The van der Waals surface area contributed by atoms with Crippen LogP contribution in [-0.4, -0.2) is 171 Å². The average molecular weight is 1610 g/mol. The molecule has 10 aromatic rings. The van der Waals surface area contributed by atoms with E-state index in [1.807, 2.05) is 41.8 Å². The van der Waals surface area contributed by atoms with Gasteiger partial charge in [-0.05, 0) is 240 Å². The minimum atomic E-state index is -3.94. The Balaban J connectivity index is 0.000000145. The van der Waals surface area contributed by atoms with Gasteiger partial charge in [-0.1, -0.05) is 56.7 Å². The van der Waals surface area contributed by atoms with Crippen LogP contribution < -0.4 is 43.1 Å². The summed E-state index contributed by atoms with van der Waals surface area (Å²) in [7, 11) is 7.65. The van der Waals surface area contributed by atoms with E-state index in [1.165, 1.54) is 55.6 Å².